The van der Waals surface area contributed by atoms with Gasteiger partial charge in [0.2, 0.25) is 11.8 Å². The number of amides is 2. The molecule has 9 nitrogen and oxygen atoms in total. The van der Waals surface area contributed by atoms with E-state index in [0.29, 0.717) is 48.1 Å². The molecule has 1 heterocycles. The van der Waals surface area contributed by atoms with E-state index in [-0.39, 0.29) is 11.8 Å². The van der Waals surface area contributed by atoms with Gasteiger partial charge in [0.1, 0.15) is 17.2 Å². The number of ether oxygens (including phenoxy) is 3. The van der Waals surface area contributed by atoms with Crippen molar-refractivity contribution in [3.8, 4) is 28.8 Å². The Balaban J connectivity index is 1.69. The highest BCUT2D eigenvalue weighted by Gasteiger charge is 2.21. The number of hydrogen-bond donors (Lipinski definition) is 1. The molecule has 0 atom stereocenters. The van der Waals surface area contributed by atoms with Crippen LogP contribution >= 0.6 is 0 Å². The number of likely N-dealkylation sites (N-methyl/N-ethyl adjacent to an activating group) is 1. The van der Waals surface area contributed by atoms with E-state index in [0.717, 1.165) is 34.5 Å². The lowest BCUT2D eigenvalue weighted by Gasteiger charge is -2.16. The molecule has 0 aliphatic heterocycles. The summed E-state index contributed by atoms with van der Waals surface area (Å²) >= 11 is 0. The summed E-state index contributed by atoms with van der Waals surface area (Å²) in [6.45, 7) is 4.60. The van der Waals surface area contributed by atoms with Gasteiger partial charge in [-0.3, -0.25) is 9.59 Å². The molecule has 4 aromatic rings. The first kappa shape index (κ1) is 31.9. The molecular formula is C35H40N4O5. The second kappa shape index (κ2) is 14.9. The summed E-state index contributed by atoms with van der Waals surface area (Å²) in [5, 5.41) is 7.70. The number of carbonyl (C=O) groups excluding carboxylic acids is 2. The van der Waals surface area contributed by atoms with Gasteiger partial charge in [-0.15, -0.1) is 0 Å². The monoisotopic (exact) mass is 596 g/mol. The average Bonchev–Trinajstić information content (AvgIpc) is 3.35. The van der Waals surface area contributed by atoms with Crippen molar-refractivity contribution in [2.75, 3.05) is 34.9 Å². The number of methoxy groups -OCH3 is 2. The number of carbonyl (C=O) groups is 2. The van der Waals surface area contributed by atoms with Gasteiger partial charge in [-0.1, -0.05) is 37.3 Å². The largest absolute Gasteiger partial charge is 0.497 e. The molecular weight excluding hydrogens is 556 g/mol. The summed E-state index contributed by atoms with van der Waals surface area (Å²) < 4.78 is 19.1. The lowest BCUT2D eigenvalue weighted by molar-refractivity contribution is -0.122. The van der Waals surface area contributed by atoms with Gasteiger partial charge < -0.3 is 24.4 Å². The fourth-order valence-corrected chi connectivity index (χ4v) is 4.67. The normalized spacial score (nSPS) is 11.2. The summed E-state index contributed by atoms with van der Waals surface area (Å²) in [7, 11) is 6.61. The Bertz CT molecular complexity index is 1590. The van der Waals surface area contributed by atoms with Crippen LogP contribution < -0.4 is 19.5 Å². The lowest BCUT2D eigenvalue weighted by Crippen LogP contribution is -2.24. The first-order valence-electron chi connectivity index (χ1n) is 14.6. The Hall–Kier alpha value is -5.05. The van der Waals surface area contributed by atoms with Crippen molar-refractivity contribution in [3.63, 3.8) is 0 Å². The molecule has 44 heavy (non-hydrogen) atoms. The Morgan fingerprint density at radius 3 is 2.18 bits per heavy atom. The molecule has 0 saturated carbocycles. The molecule has 4 rings (SSSR count). The third-order valence-corrected chi connectivity index (χ3v) is 7.01. The predicted octanol–water partition coefficient (Wildman–Crippen LogP) is 6.08. The lowest BCUT2D eigenvalue weighted by atomic mass is 10.0. The number of aryl methyl sites for hydroxylation is 1. The molecule has 0 aliphatic rings. The molecule has 2 amide bonds. The van der Waals surface area contributed by atoms with Crippen molar-refractivity contribution in [3.05, 3.63) is 95.2 Å². The summed E-state index contributed by atoms with van der Waals surface area (Å²) in [6, 6.07) is 22.6. The maximum absolute atomic E-state index is 13.3. The Labute approximate surface area is 259 Å². The fraction of sp³-hybridized carbons (Fsp3) is 0.286. The number of para-hydroxylation sites is 1. The fourth-order valence-electron chi connectivity index (χ4n) is 4.67. The number of nitrogens with one attached hydrogen (secondary N) is 1. The third-order valence-electron chi connectivity index (χ3n) is 7.01. The van der Waals surface area contributed by atoms with Crippen molar-refractivity contribution in [2.45, 2.75) is 33.1 Å². The Kier molecular flexibility index (Phi) is 10.8. The average molecular weight is 597 g/mol. The second-order valence-electron chi connectivity index (χ2n) is 10.5. The highest BCUT2D eigenvalue weighted by molar-refractivity contribution is 6.24. The van der Waals surface area contributed by atoms with E-state index < -0.39 is 0 Å². The molecule has 230 valence electrons. The summed E-state index contributed by atoms with van der Waals surface area (Å²) in [5.41, 5.74) is 4.49. The SMILES string of the molecule is CCCNC(=O)CCc1c(C)nn(-c2ccccc2)c1Oc1ccc(C(=Cc2cc(OC)cc(OC)c2)C(=O)N(C)C)cc1. The number of nitrogens with zero attached hydrogens (tertiary/aromatic N) is 3. The van der Waals surface area contributed by atoms with E-state index >= 15 is 0 Å². The van der Waals surface area contributed by atoms with E-state index in [1.807, 2.05) is 86.7 Å². The summed E-state index contributed by atoms with van der Waals surface area (Å²) in [4.78, 5) is 27.2. The van der Waals surface area contributed by atoms with Gasteiger partial charge in [0.05, 0.1) is 25.6 Å². The van der Waals surface area contributed by atoms with E-state index in [9.17, 15) is 9.59 Å². The zero-order chi connectivity index (χ0) is 31.6. The summed E-state index contributed by atoms with van der Waals surface area (Å²) in [5.74, 6) is 2.21. The minimum absolute atomic E-state index is 0.00690. The standard InChI is InChI=1S/C35H40N4O5/c1-7-19-36-33(40)18-17-31-24(2)37-39(27-11-9-8-10-12-27)35(31)44-28-15-13-26(14-16-28)32(34(41)38(3)4)22-25-20-29(42-5)23-30(21-25)43-6/h8-16,20-23H,7,17-19H2,1-6H3,(H,36,40). The molecule has 0 unspecified atom stereocenters. The van der Waals surface area contributed by atoms with Crippen LogP contribution in [-0.4, -0.2) is 61.4 Å². The zero-order valence-electron chi connectivity index (χ0n) is 26.2. The minimum Gasteiger partial charge on any atom is -0.497 e. The molecule has 0 spiro atoms. The van der Waals surface area contributed by atoms with Gasteiger partial charge in [-0.25, -0.2) is 4.68 Å². The third kappa shape index (κ3) is 7.86. The van der Waals surface area contributed by atoms with Gasteiger partial charge in [0.25, 0.3) is 5.91 Å². The van der Waals surface area contributed by atoms with Crippen molar-refractivity contribution in [2.24, 2.45) is 0 Å². The quantitative estimate of drug-likeness (QED) is 0.149. The van der Waals surface area contributed by atoms with Crippen LogP contribution in [0.3, 0.4) is 0 Å². The Morgan fingerprint density at radius 2 is 1.59 bits per heavy atom. The molecule has 1 N–H and O–H groups in total. The van der Waals surface area contributed by atoms with Crippen LogP contribution in [0.5, 0.6) is 23.1 Å². The molecule has 3 aromatic carbocycles. The van der Waals surface area contributed by atoms with Crippen LogP contribution in [0.15, 0.2) is 72.8 Å². The smallest absolute Gasteiger partial charge is 0.253 e. The molecule has 0 saturated heterocycles. The van der Waals surface area contributed by atoms with E-state index in [1.54, 1.807) is 39.1 Å². The van der Waals surface area contributed by atoms with E-state index in [4.69, 9.17) is 19.3 Å². The van der Waals surface area contributed by atoms with E-state index in [2.05, 4.69) is 5.32 Å². The number of benzene rings is 3. The van der Waals surface area contributed by atoms with Gasteiger partial charge >= 0.3 is 0 Å². The van der Waals surface area contributed by atoms with Gasteiger partial charge in [0, 0.05) is 44.3 Å². The highest BCUT2D eigenvalue weighted by atomic mass is 16.5. The maximum atomic E-state index is 13.3. The van der Waals surface area contributed by atoms with Crippen LogP contribution in [0.4, 0.5) is 0 Å². The van der Waals surface area contributed by atoms with Crippen molar-refractivity contribution >= 4 is 23.5 Å². The highest BCUT2D eigenvalue weighted by Crippen LogP contribution is 2.33. The number of aromatic nitrogens is 2. The van der Waals surface area contributed by atoms with Gasteiger partial charge in [-0.05, 0) is 73.4 Å². The van der Waals surface area contributed by atoms with Crippen LogP contribution in [0.25, 0.3) is 17.3 Å². The van der Waals surface area contributed by atoms with E-state index in [1.165, 1.54) is 4.90 Å². The second-order valence-corrected chi connectivity index (χ2v) is 10.5. The van der Waals surface area contributed by atoms with Crippen LogP contribution in [0.1, 0.15) is 42.1 Å². The van der Waals surface area contributed by atoms with Crippen molar-refractivity contribution < 1.29 is 23.8 Å². The topological polar surface area (TPSA) is 94.9 Å². The zero-order valence-corrected chi connectivity index (χ0v) is 26.2. The molecule has 9 heteroatoms. The molecule has 0 aliphatic carbocycles. The molecule has 1 aromatic heterocycles. The van der Waals surface area contributed by atoms with Crippen LogP contribution in [0.2, 0.25) is 0 Å². The first-order chi connectivity index (χ1) is 21.2. The van der Waals surface area contributed by atoms with Gasteiger partial charge in [-0.2, -0.15) is 5.10 Å². The van der Waals surface area contributed by atoms with Crippen molar-refractivity contribution in [1.82, 2.24) is 20.0 Å². The molecule has 0 fully saturated rings. The molecule has 0 radical (unpaired) electrons. The van der Waals surface area contributed by atoms with Crippen molar-refractivity contribution in [1.29, 1.82) is 0 Å². The molecule has 0 bridgehead atoms. The Morgan fingerprint density at radius 1 is 0.932 bits per heavy atom. The van der Waals surface area contributed by atoms with Gasteiger partial charge in [0.15, 0.2) is 0 Å². The number of hydrogen-bond acceptors (Lipinski definition) is 6. The van der Waals surface area contributed by atoms with Crippen LogP contribution in [0, 0.1) is 6.92 Å². The maximum Gasteiger partial charge on any atom is 0.253 e. The predicted molar refractivity (Wildman–Crippen MR) is 173 cm³/mol. The first-order valence-corrected chi connectivity index (χ1v) is 14.6. The summed E-state index contributed by atoms with van der Waals surface area (Å²) in [6.07, 6.45) is 3.51. The van der Waals surface area contributed by atoms with Crippen LogP contribution in [-0.2, 0) is 16.0 Å². The minimum atomic E-state index is -0.151. The number of rotatable bonds is 13.